The van der Waals surface area contributed by atoms with Gasteiger partial charge in [0.25, 0.3) is 11.8 Å². The van der Waals surface area contributed by atoms with Crippen molar-refractivity contribution in [2.75, 3.05) is 19.0 Å². The van der Waals surface area contributed by atoms with E-state index in [0.29, 0.717) is 22.8 Å². The maximum atomic E-state index is 12.2. The van der Waals surface area contributed by atoms with Crippen molar-refractivity contribution in [1.29, 1.82) is 0 Å². The zero-order valence-electron chi connectivity index (χ0n) is 16.1. The molecule has 140 valence electrons. The molecular formula is C19H26N4O3. The van der Waals surface area contributed by atoms with Crippen LogP contribution in [0.25, 0.3) is 0 Å². The van der Waals surface area contributed by atoms with Crippen LogP contribution in [0.5, 0.6) is 5.75 Å². The van der Waals surface area contributed by atoms with Crippen LogP contribution in [0.2, 0.25) is 0 Å². The SMILES string of the molecule is CNC(=O)c1c(NC(=O)COc2ccc(C(C)(C)C)cc2)c(C)nn1C. The maximum Gasteiger partial charge on any atom is 0.271 e. The predicted molar refractivity (Wildman–Crippen MR) is 101 cm³/mol. The van der Waals surface area contributed by atoms with Gasteiger partial charge < -0.3 is 15.4 Å². The molecule has 0 aliphatic heterocycles. The van der Waals surface area contributed by atoms with Crippen molar-refractivity contribution in [3.8, 4) is 5.75 Å². The molecule has 7 nitrogen and oxygen atoms in total. The van der Waals surface area contributed by atoms with Crippen molar-refractivity contribution in [3.63, 3.8) is 0 Å². The number of amides is 2. The van der Waals surface area contributed by atoms with Gasteiger partial charge >= 0.3 is 0 Å². The lowest BCUT2D eigenvalue weighted by Gasteiger charge is -2.19. The van der Waals surface area contributed by atoms with E-state index in [4.69, 9.17) is 4.74 Å². The molecule has 0 bridgehead atoms. The second-order valence-electron chi connectivity index (χ2n) is 7.12. The van der Waals surface area contributed by atoms with Crippen molar-refractivity contribution in [3.05, 3.63) is 41.2 Å². The summed E-state index contributed by atoms with van der Waals surface area (Å²) in [6, 6.07) is 7.67. The Kier molecular flexibility index (Phi) is 5.69. The molecule has 2 rings (SSSR count). The van der Waals surface area contributed by atoms with Crippen molar-refractivity contribution in [1.82, 2.24) is 15.1 Å². The molecule has 0 saturated carbocycles. The largest absolute Gasteiger partial charge is 0.484 e. The van der Waals surface area contributed by atoms with E-state index in [1.807, 2.05) is 24.3 Å². The fraction of sp³-hybridized carbons (Fsp3) is 0.421. The van der Waals surface area contributed by atoms with Gasteiger partial charge in [0, 0.05) is 14.1 Å². The van der Waals surface area contributed by atoms with Gasteiger partial charge in [0.05, 0.1) is 11.4 Å². The highest BCUT2D eigenvalue weighted by Crippen LogP contribution is 2.24. The smallest absolute Gasteiger partial charge is 0.271 e. The van der Waals surface area contributed by atoms with Crippen molar-refractivity contribution in [2.24, 2.45) is 7.05 Å². The highest BCUT2D eigenvalue weighted by molar-refractivity contribution is 6.03. The minimum absolute atomic E-state index is 0.0595. The Labute approximate surface area is 153 Å². The molecule has 7 heteroatoms. The number of nitrogens with one attached hydrogen (secondary N) is 2. The summed E-state index contributed by atoms with van der Waals surface area (Å²) in [6.45, 7) is 7.98. The third-order valence-electron chi connectivity index (χ3n) is 4.02. The van der Waals surface area contributed by atoms with Crippen LogP contribution in [0.4, 0.5) is 5.69 Å². The average molecular weight is 358 g/mol. The lowest BCUT2D eigenvalue weighted by atomic mass is 9.87. The lowest BCUT2D eigenvalue weighted by molar-refractivity contribution is -0.118. The van der Waals surface area contributed by atoms with Gasteiger partial charge in [0.15, 0.2) is 6.61 Å². The third-order valence-corrected chi connectivity index (χ3v) is 4.02. The van der Waals surface area contributed by atoms with E-state index in [1.54, 1.807) is 14.0 Å². The van der Waals surface area contributed by atoms with Crippen molar-refractivity contribution >= 4 is 17.5 Å². The van der Waals surface area contributed by atoms with Gasteiger partial charge in [0.2, 0.25) is 0 Å². The molecule has 0 atom stereocenters. The summed E-state index contributed by atoms with van der Waals surface area (Å²) in [5, 5.41) is 9.44. The fourth-order valence-corrected chi connectivity index (χ4v) is 2.56. The molecule has 0 fully saturated rings. The number of benzene rings is 1. The molecule has 1 aromatic carbocycles. The molecular weight excluding hydrogens is 332 g/mol. The highest BCUT2D eigenvalue weighted by Gasteiger charge is 2.21. The Bertz CT molecular complexity index is 801. The van der Waals surface area contributed by atoms with Crippen LogP contribution in [0.15, 0.2) is 24.3 Å². The Hall–Kier alpha value is -2.83. The molecule has 0 unspecified atom stereocenters. The summed E-state index contributed by atoms with van der Waals surface area (Å²) in [6.07, 6.45) is 0. The molecule has 2 amide bonds. The quantitative estimate of drug-likeness (QED) is 0.859. The van der Waals surface area contributed by atoms with E-state index >= 15 is 0 Å². The lowest BCUT2D eigenvalue weighted by Crippen LogP contribution is -2.25. The monoisotopic (exact) mass is 358 g/mol. The first kappa shape index (κ1) is 19.5. The second kappa shape index (κ2) is 7.59. The van der Waals surface area contributed by atoms with E-state index < -0.39 is 0 Å². The standard InChI is InChI=1S/C19H26N4O3/c1-12-16(17(18(25)20-5)23(6)22-12)21-15(24)11-26-14-9-7-13(8-10-14)19(2,3)4/h7-10H,11H2,1-6H3,(H,20,25)(H,21,24). The zero-order valence-corrected chi connectivity index (χ0v) is 16.1. The Morgan fingerprint density at radius 1 is 1.19 bits per heavy atom. The molecule has 2 aromatic rings. The summed E-state index contributed by atoms with van der Waals surface area (Å²) in [5.74, 6) is -0.0594. The molecule has 0 saturated heterocycles. The summed E-state index contributed by atoms with van der Waals surface area (Å²) in [5.41, 5.74) is 2.50. The third kappa shape index (κ3) is 4.41. The number of nitrogens with zero attached hydrogens (tertiary/aromatic N) is 2. The average Bonchev–Trinajstić information content (AvgIpc) is 2.85. The van der Waals surface area contributed by atoms with Gasteiger partial charge in [-0.3, -0.25) is 14.3 Å². The Morgan fingerprint density at radius 2 is 1.81 bits per heavy atom. The number of rotatable bonds is 5. The predicted octanol–water partition coefficient (Wildman–Crippen LogP) is 2.40. The summed E-state index contributed by atoms with van der Waals surface area (Å²) >= 11 is 0. The maximum absolute atomic E-state index is 12.2. The van der Waals surface area contributed by atoms with E-state index in [9.17, 15) is 9.59 Å². The topological polar surface area (TPSA) is 85.2 Å². The minimum Gasteiger partial charge on any atom is -0.484 e. The molecule has 26 heavy (non-hydrogen) atoms. The van der Waals surface area contributed by atoms with E-state index in [1.165, 1.54) is 17.3 Å². The summed E-state index contributed by atoms with van der Waals surface area (Å²) < 4.78 is 6.98. The van der Waals surface area contributed by atoms with Gasteiger partial charge in [-0.25, -0.2) is 0 Å². The van der Waals surface area contributed by atoms with E-state index in [0.717, 1.165) is 0 Å². The second-order valence-corrected chi connectivity index (χ2v) is 7.12. The van der Waals surface area contributed by atoms with Crippen LogP contribution in [0.3, 0.4) is 0 Å². The molecule has 0 aliphatic rings. The number of carbonyl (C=O) groups is 2. The van der Waals surface area contributed by atoms with E-state index in [2.05, 4.69) is 36.5 Å². The van der Waals surface area contributed by atoms with Crippen LogP contribution in [0, 0.1) is 6.92 Å². The number of hydrogen-bond acceptors (Lipinski definition) is 4. The van der Waals surface area contributed by atoms with Crippen LogP contribution >= 0.6 is 0 Å². The molecule has 0 aliphatic carbocycles. The molecule has 0 radical (unpaired) electrons. The van der Waals surface area contributed by atoms with Crippen molar-refractivity contribution in [2.45, 2.75) is 33.1 Å². The fourth-order valence-electron chi connectivity index (χ4n) is 2.56. The zero-order chi connectivity index (χ0) is 19.5. The first-order valence-electron chi connectivity index (χ1n) is 8.42. The summed E-state index contributed by atoms with van der Waals surface area (Å²) in [7, 11) is 3.18. The number of ether oxygens (including phenoxy) is 1. The minimum atomic E-state index is -0.355. The summed E-state index contributed by atoms with van der Waals surface area (Å²) in [4.78, 5) is 24.2. The number of aromatic nitrogens is 2. The first-order valence-corrected chi connectivity index (χ1v) is 8.42. The Morgan fingerprint density at radius 3 is 2.35 bits per heavy atom. The number of hydrogen-bond donors (Lipinski definition) is 2. The van der Waals surface area contributed by atoms with Crippen LogP contribution in [0.1, 0.15) is 42.5 Å². The van der Waals surface area contributed by atoms with Gasteiger partial charge in [-0.2, -0.15) is 5.10 Å². The molecule has 1 aromatic heterocycles. The highest BCUT2D eigenvalue weighted by atomic mass is 16.5. The van der Waals surface area contributed by atoms with Crippen LogP contribution in [-0.2, 0) is 17.3 Å². The van der Waals surface area contributed by atoms with Gasteiger partial charge in [-0.1, -0.05) is 32.9 Å². The first-order chi connectivity index (χ1) is 12.1. The molecule has 1 heterocycles. The van der Waals surface area contributed by atoms with Crippen LogP contribution in [-0.4, -0.2) is 35.2 Å². The van der Waals surface area contributed by atoms with E-state index in [-0.39, 0.29) is 23.8 Å². The number of carbonyl (C=O) groups excluding carboxylic acids is 2. The number of anilines is 1. The van der Waals surface area contributed by atoms with Crippen LogP contribution < -0.4 is 15.4 Å². The van der Waals surface area contributed by atoms with Gasteiger partial charge in [-0.15, -0.1) is 0 Å². The normalized spacial score (nSPS) is 11.2. The van der Waals surface area contributed by atoms with Gasteiger partial charge in [0.1, 0.15) is 11.4 Å². The van der Waals surface area contributed by atoms with Crippen molar-refractivity contribution < 1.29 is 14.3 Å². The van der Waals surface area contributed by atoms with Gasteiger partial charge in [-0.05, 0) is 30.0 Å². The number of aryl methyl sites for hydroxylation is 2. The Balaban J connectivity index is 2.03. The molecule has 2 N–H and O–H groups in total. The molecule has 0 spiro atoms.